The summed E-state index contributed by atoms with van der Waals surface area (Å²) in [7, 11) is 0. The highest BCUT2D eigenvalue weighted by Gasteiger charge is 2.42. The lowest BCUT2D eigenvalue weighted by Crippen LogP contribution is -2.59. The molecule has 1 fully saturated rings. The van der Waals surface area contributed by atoms with Gasteiger partial charge in [0.1, 0.15) is 0 Å². The van der Waals surface area contributed by atoms with Crippen molar-refractivity contribution in [1.82, 2.24) is 0 Å². The van der Waals surface area contributed by atoms with E-state index in [1.807, 2.05) is 0 Å². The van der Waals surface area contributed by atoms with E-state index in [4.69, 9.17) is 0 Å². The van der Waals surface area contributed by atoms with Crippen molar-refractivity contribution in [1.29, 1.82) is 0 Å². The third-order valence-electron chi connectivity index (χ3n) is 5.15. The van der Waals surface area contributed by atoms with Crippen molar-refractivity contribution in [2.24, 2.45) is 5.92 Å². The highest BCUT2D eigenvalue weighted by Crippen LogP contribution is 2.33. The fourth-order valence-corrected chi connectivity index (χ4v) is 3.39. The normalized spacial score (nSPS) is 26.2. The molecule has 1 heterocycles. The zero-order valence-electron chi connectivity index (χ0n) is 11.4. The fraction of sp³-hybridized carbons (Fsp3) is 1.00. The van der Waals surface area contributed by atoms with Crippen molar-refractivity contribution in [3.63, 3.8) is 0 Å². The van der Waals surface area contributed by atoms with Gasteiger partial charge in [0.05, 0.1) is 25.2 Å². The zero-order valence-corrected chi connectivity index (χ0v) is 11.4. The topological polar surface area (TPSA) is 0 Å². The largest absolute Gasteiger partial charge is 0.319 e. The summed E-state index contributed by atoms with van der Waals surface area (Å²) in [5.74, 6) is 0.872. The minimum absolute atomic E-state index is 0.854. The first-order chi connectivity index (χ1) is 7.08. The van der Waals surface area contributed by atoms with Crippen LogP contribution < -0.4 is 0 Å². The van der Waals surface area contributed by atoms with Gasteiger partial charge < -0.3 is 4.48 Å². The summed E-state index contributed by atoms with van der Waals surface area (Å²) in [5, 5.41) is 0. The molecule has 0 aromatic heterocycles. The first-order valence-corrected chi connectivity index (χ1v) is 6.94. The molecule has 1 nitrogen and oxygen atoms in total. The third kappa shape index (κ3) is 2.38. The van der Waals surface area contributed by atoms with E-state index in [1.54, 1.807) is 0 Å². The highest BCUT2D eigenvalue weighted by molar-refractivity contribution is 4.69. The van der Waals surface area contributed by atoms with E-state index in [0.29, 0.717) is 0 Å². The SMILES string of the molecule is CCC(C)C(C)[N+]1(C(C)CC)CCCC1. The number of hydrogen-bond acceptors (Lipinski definition) is 0. The third-order valence-corrected chi connectivity index (χ3v) is 5.15. The van der Waals surface area contributed by atoms with E-state index in [9.17, 15) is 0 Å². The summed E-state index contributed by atoms with van der Waals surface area (Å²) in [6, 6.07) is 1.71. The molecular weight excluding hydrogens is 182 g/mol. The first-order valence-electron chi connectivity index (χ1n) is 6.94. The second-order valence-corrected chi connectivity index (χ2v) is 5.64. The summed E-state index contributed by atoms with van der Waals surface area (Å²) in [5.41, 5.74) is 0. The molecule has 1 rings (SSSR count). The van der Waals surface area contributed by atoms with Crippen molar-refractivity contribution in [3.05, 3.63) is 0 Å². The van der Waals surface area contributed by atoms with Gasteiger partial charge in [-0.1, -0.05) is 20.8 Å². The minimum Gasteiger partial charge on any atom is -0.319 e. The Morgan fingerprint density at radius 1 is 0.933 bits per heavy atom. The lowest BCUT2D eigenvalue weighted by atomic mass is 9.94. The second kappa shape index (κ2) is 5.34. The summed E-state index contributed by atoms with van der Waals surface area (Å²) < 4.78 is 1.41. The Morgan fingerprint density at radius 3 is 1.87 bits per heavy atom. The smallest absolute Gasteiger partial charge is 0.0889 e. The summed E-state index contributed by atoms with van der Waals surface area (Å²) in [4.78, 5) is 0. The van der Waals surface area contributed by atoms with Crippen LogP contribution in [-0.4, -0.2) is 29.7 Å². The Hall–Kier alpha value is -0.0400. The maximum atomic E-state index is 2.49. The van der Waals surface area contributed by atoms with Crippen LogP contribution in [0.2, 0.25) is 0 Å². The predicted molar refractivity (Wildman–Crippen MR) is 67.9 cm³/mol. The standard InChI is InChI=1S/C14H30N/c1-6-12(3)14(5)15(13(4)7-2)10-8-9-11-15/h12-14H,6-11H2,1-5H3/q+1. The van der Waals surface area contributed by atoms with Gasteiger partial charge in [-0.25, -0.2) is 0 Å². The van der Waals surface area contributed by atoms with E-state index >= 15 is 0 Å². The van der Waals surface area contributed by atoms with E-state index < -0.39 is 0 Å². The highest BCUT2D eigenvalue weighted by atomic mass is 15.4. The van der Waals surface area contributed by atoms with Crippen LogP contribution in [0.5, 0.6) is 0 Å². The second-order valence-electron chi connectivity index (χ2n) is 5.64. The molecule has 0 saturated carbocycles. The molecule has 0 aromatic carbocycles. The molecule has 0 radical (unpaired) electrons. The monoisotopic (exact) mass is 212 g/mol. The maximum absolute atomic E-state index is 2.49. The van der Waals surface area contributed by atoms with Gasteiger partial charge in [0.15, 0.2) is 0 Å². The van der Waals surface area contributed by atoms with E-state index in [1.165, 1.54) is 43.3 Å². The van der Waals surface area contributed by atoms with Crippen LogP contribution in [0.1, 0.15) is 60.3 Å². The number of nitrogens with zero attached hydrogens (tertiary/aromatic N) is 1. The minimum atomic E-state index is 0.854. The number of likely N-dealkylation sites (tertiary alicyclic amines) is 1. The van der Waals surface area contributed by atoms with Crippen LogP contribution in [0, 0.1) is 5.92 Å². The molecule has 1 aliphatic heterocycles. The first kappa shape index (κ1) is 13.0. The Morgan fingerprint density at radius 2 is 1.47 bits per heavy atom. The van der Waals surface area contributed by atoms with Gasteiger partial charge in [0, 0.05) is 18.8 Å². The lowest BCUT2D eigenvalue weighted by Gasteiger charge is -2.47. The maximum Gasteiger partial charge on any atom is 0.0889 e. The molecule has 1 heteroatoms. The molecule has 0 bridgehead atoms. The van der Waals surface area contributed by atoms with Gasteiger partial charge in [0.2, 0.25) is 0 Å². The number of hydrogen-bond donors (Lipinski definition) is 0. The lowest BCUT2D eigenvalue weighted by molar-refractivity contribution is -0.963. The molecule has 90 valence electrons. The summed E-state index contributed by atoms with van der Waals surface area (Å²) in [6.07, 6.45) is 5.56. The summed E-state index contributed by atoms with van der Waals surface area (Å²) >= 11 is 0. The Balaban J connectivity index is 2.80. The van der Waals surface area contributed by atoms with Crippen LogP contribution in [-0.2, 0) is 0 Å². The van der Waals surface area contributed by atoms with Crippen LogP contribution in [0.4, 0.5) is 0 Å². The van der Waals surface area contributed by atoms with Crippen LogP contribution in [0.3, 0.4) is 0 Å². The molecule has 0 N–H and O–H groups in total. The number of rotatable bonds is 5. The molecule has 0 amide bonds. The Kier molecular flexibility index (Phi) is 4.64. The molecule has 0 aliphatic carbocycles. The van der Waals surface area contributed by atoms with Gasteiger partial charge in [-0.15, -0.1) is 0 Å². The van der Waals surface area contributed by atoms with E-state index in [-0.39, 0.29) is 0 Å². The quantitative estimate of drug-likeness (QED) is 0.608. The van der Waals surface area contributed by atoms with E-state index in [2.05, 4.69) is 34.6 Å². The molecule has 1 aliphatic rings. The summed E-state index contributed by atoms with van der Waals surface area (Å²) in [6.45, 7) is 14.9. The van der Waals surface area contributed by atoms with Gasteiger partial charge in [0.25, 0.3) is 0 Å². The van der Waals surface area contributed by atoms with Crippen LogP contribution >= 0.6 is 0 Å². The Bertz CT molecular complexity index is 182. The molecule has 0 spiro atoms. The van der Waals surface area contributed by atoms with Crippen molar-refractivity contribution >= 4 is 0 Å². The average molecular weight is 212 g/mol. The molecule has 3 atom stereocenters. The fourth-order valence-electron chi connectivity index (χ4n) is 3.39. The van der Waals surface area contributed by atoms with Crippen LogP contribution in [0.25, 0.3) is 0 Å². The van der Waals surface area contributed by atoms with Crippen LogP contribution in [0.15, 0.2) is 0 Å². The van der Waals surface area contributed by atoms with Gasteiger partial charge in [-0.05, 0) is 26.7 Å². The van der Waals surface area contributed by atoms with Crippen molar-refractivity contribution < 1.29 is 4.48 Å². The number of quaternary nitrogens is 1. The molecular formula is C14H30N+. The van der Waals surface area contributed by atoms with Gasteiger partial charge in [-0.3, -0.25) is 0 Å². The van der Waals surface area contributed by atoms with Gasteiger partial charge >= 0.3 is 0 Å². The average Bonchev–Trinajstić information content (AvgIpc) is 2.76. The van der Waals surface area contributed by atoms with E-state index in [0.717, 1.165) is 18.0 Å². The van der Waals surface area contributed by atoms with Crippen molar-refractivity contribution in [2.75, 3.05) is 13.1 Å². The molecule has 3 unspecified atom stereocenters. The van der Waals surface area contributed by atoms with Gasteiger partial charge in [-0.2, -0.15) is 0 Å². The van der Waals surface area contributed by atoms with Crippen molar-refractivity contribution in [3.8, 4) is 0 Å². The predicted octanol–water partition coefficient (Wildman–Crippen LogP) is 3.83. The Labute approximate surface area is 96.4 Å². The van der Waals surface area contributed by atoms with Crippen molar-refractivity contribution in [2.45, 2.75) is 72.4 Å². The molecule has 15 heavy (non-hydrogen) atoms. The molecule has 0 aromatic rings. The molecule has 1 saturated heterocycles. The zero-order chi connectivity index (χ0) is 11.5.